The smallest absolute Gasteiger partial charge is 0.248 e. The predicted octanol–water partition coefficient (Wildman–Crippen LogP) is 2.37. The van der Waals surface area contributed by atoms with Gasteiger partial charge >= 0.3 is 0 Å². The fraction of sp³-hybridized carbons (Fsp3) is 0. The Balaban J connectivity index is 2.22. The number of carbonyl (C=O) groups is 1. The number of hydrogen-bond donors (Lipinski definition) is 1. The summed E-state index contributed by atoms with van der Waals surface area (Å²) >= 11 is 5.75. The number of allylic oxidation sites excluding steroid dienone is 1. The van der Waals surface area contributed by atoms with Gasteiger partial charge in [-0.05, 0) is 29.8 Å². The lowest BCUT2D eigenvalue weighted by molar-refractivity contribution is -0.115. The molecule has 1 aromatic rings. The molecule has 0 radical (unpaired) electrons. The molecule has 14 heavy (non-hydrogen) atoms. The molecule has 2 rings (SSSR count). The number of halogens is 1. The van der Waals surface area contributed by atoms with Crippen LogP contribution in [0.2, 0.25) is 5.02 Å². The first kappa shape index (κ1) is 9.03. The standard InChI is InChI=1S/C11H8ClNO/c12-9-3-1-8(2-4-9)7-10-5-6-11(14)13-10/h1-7H,(H,13,14)/b10-7-. The maximum atomic E-state index is 10.8. The Labute approximate surface area is 86.9 Å². The van der Waals surface area contributed by atoms with E-state index in [0.29, 0.717) is 5.02 Å². The first-order valence-electron chi connectivity index (χ1n) is 4.20. The Morgan fingerprint density at radius 3 is 2.43 bits per heavy atom. The van der Waals surface area contributed by atoms with Crippen molar-refractivity contribution < 1.29 is 4.79 Å². The van der Waals surface area contributed by atoms with E-state index >= 15 is 0 Å². The third-order valence-corrected chi connectivity index (χ3v) is 2.13. The van der Waals surface area contributed by atoms with Crippen molar-refractivity contribution in [2.45, 2.75) is 0 Å². The molecule has 2 nitrogen and oxygen atoms in total. The molecule has 0 bridgehead atoms. The number of rotatable bonds is 1. The number of amides is 1. The Morgan fingerprint density at radius 1 is 1.14 bits per heavy atom. The van der Waals surface area contributed by atoms with Crippen LogP contribution in [-0.4, -0.2) is 5.91 Å². The van der Waals surface area contributed by atoms with Gasteiger partial charge in [-0.15, -0.1) is 0 Å². The number of benzene rings is 1. The van der Waals surface area contributed by atoms with E-state index in [0.717, 1.165) is 11.3 Å². The SMILES string of the molecule is O=C1C=C/C(=C/c2ccc(Cl)cc2)N1. The normalized spacial score (nSPS) is 17.5. The van der Waals surface area contributed by atoms with Gasteiger partial charge in [0.1, 0.15) is 0 Å². The molecule has 0 fully saturated rings. The van der Waals surface area contributed by atoms with Crippen LogP contribution in [0.3, 0.4) is 0 Å². The first-order valence-corrected chi connectivity index (χ1v) is 4.58. The van der Waals surface area contributed by atoms with E-state index in [-0.39, 0.29) is 5.91 Å². The summed E-state index contributed by atoms with van der Waals surface area (Å²) in [5, 5.41) is 3.40. The van der Waals surface area contributed by atoms with Crippen LogP contribution >= 0.6 is 11.6 Å². The lowest BCUT2D eigenvalue weighted by atomic mass is 10.2. The summed E-state index contributed by atoms with van der Waals surface area (Å²) in [6, 6.07) is 7.42. The molecule has 0 spiro atoms. The zero-order valence-corrected chi connectivity index (χ0v) is 8.08. The third kappa shape index (κ3) is 2.03. The van der Waals surface area contributed by atoms with Crippen LogP contribution in [0.1, 0.15) is 5.56 Å². The van der Waals surface area contributed by atoms with Crippen LogP contribution in [0.4, 0.5) is 0 Å². The average molecular weight is 206 g/mol. The molecule has 0 unspecified atom stereocenters. The van der Waals surface area contributed by atoms with Crippen LogP contribution in [0.15, 0.2) is 42.1 Å². The fourth-order valence-corrected chi connectivity index (χ4v) is 1.34. The van der Waals surface area contributed by atoms with Crippen molar-refractivity contribution in [3.05, 3.63) is 52.7 Å². The van der Waals surface area contributed by atoms with E-state index in [1.54, 1.807) is 6.08 Å². The monoisotopic (exact) mass is 205 g/mol. The molecule has 1 aliphatic rings. The minimum atomic E-state index is -0.0785. The third-order valence-electron chi connectivity index (χ3n) is 1.87. The average Bonchev–Trinajstić information content (AvgIpc) is 2.56. The molecule has 3 heteroatoms. The molecule has 1 heterocycles. The zero-order valence-electron chi connectivity index (χ0n) is 7.33. The summed E-state index contributed by atoms with van der Waals surface area (Å²) in [5.74, 6) is -0.0785. The van der Waals surface area contributed by atoms with Gasteiger partial charge in [0.2, 0.25) is 5.91 Å². The van der Waals surface area contributed by atoms with Crippen LogP contribution < -0.4 is 5.32 Å². The molecular weight excluding hydrogens is 198 g/mol. The van der Waals surface area contributed by atoms with Crippen molar-refractivity contribution in [3.63, 3.8) is 0 Å². The van der Waals surface area contributed by atoms with Crippen molar-refractivity contribution in [2.75, 3.05) is 0 Å². The van der Waals surface area contributed by atoms with E-state index in [4.69, 9.17) is 11.6 Å². The van der Waals surface area contributed by atoms with Gasteiger partial charge in [0.05, 0.1) is 0 Å². The van der Waals surface area contributed by atoms with Crippen LogP contribution in [0.25, 0.3) is 6.08 Å². The largest absolute Gasteiger partial charge is 0.322 e. The minimum Gasteiger partial charge on any atom is -0.322 e. The molecule has 1 aromatic carbocycles. The van der Waals surface area contributed by atoms with Crippen molar-refractivity contribution in [1.82, 2.24) is 5.32 Å². The van der Waals surface area contributed by atoms with Crippen molar-refractivity contribution >= 4 is 23.6 Å². The van der Waals surface area contributed by atoms with Gasteiger partial charge in [0, 0.05) is 16.8 Å². The molecule has 1 aliphatic heterocycles. The lowest BCUT2D eigenvalue weighted by Gasteiger charge is -1.97. The van der Waals surface area contributed by atoms with Gasteiger partial charge in [-0.2, -0.15) is 0 Å². The minimum absolute atomic E-state index is 0.0785. The summed E-state index contributed by atoms with van der Waals surface area (Å²) in [6.07, 6.45) is 5.14. The Bertz CT molecular complexity index is 417. The zero-order chi connectivity index (χ0) is 9.97. The van der Waals surface area contributed by atoms with Crippen molar-refractivity contribution in [3.8, 4) is 0 Å². The highest BCUT2D eigenvalue weighted by Gasteiger charge is 2.05. The van der Waals surface area contributed by atoms with Crippen LogP contribution in [0.5, 0.6) is 0 Å². The van der Waals surface area contributed by atoms with Gasteiger partial charge in [-0.1, -0.05) is 23.7 Å². The van der Waals surface area contributed by atoms with Gasteiger partial charge in [-0.25, -0.2) is 0 Å². The second-order valence-corrected chi connectivity index (χ2v) is 3.41. The number of hydrogen-bond acceptors (Lipinski definition) is 1. The van der Waals surface area contributed by atoms with Gasteiger partial charge in [0.25, 0.3) is 0 Å². The highest BCUT2D eigenvalue weighted by molar-refractivity contribution is 6.30. The summed E-state index contributed by atoms with van der Waals surface area (Å²) in [4.78, 5) is 10.8. The van der Waals surface area contributed by atoms with E-state index in [1.165, 1.54) is 6.08 Å². The highest BCUT2D eigenvalue weighted by atomic mass is 35.5. The predicted molar refractivity (Wildman–Crippen MR) is 56.7 cm³/mol. The van der Waals surface area contributed by atoms with Gasteiger partial charge in [-0.3, -0.25) is 4.79 Å². The molecule has 1 N–H and O–H groups in total. The Hall–Kier alpha value is -1.54. The Morgan fingerprint density at radius 2 is 1.86 bits per heavy atom. The summed E-state index contributed by atoms with van der Waals surface area (Å²) in [7, 11) is 0. The number of carbonyl (C=O) groups excluding carboxylic acids is 1. The fourth-order valence-electron chi connectivity index (χ4n) is 1.21. The second-order valence-electron chi connectivity index (χ2n) is 2.97. The van der Waals surface area contributed by atoms with Crippen LogP contribution in [0, 0.1) is 0 Å². The topological polar surface area (TPSA) is 29.1 Å². The second kappa shape index (κ2) is 3.68. The maximum absolute atomic E-state index is 10.8. The van der Waals surface area contributed by atoms with Crippen molar-refractivity contribution in [1.29, 1.82) is 0 Å². The van der Waals surface area contributed by atoms with Gasteiger partial charge in [0.15, 0.2) is 0 Å². The molecule has 0 aliphatic carbocycles. The summed E-state index contributed by atoms with van der Waals surface area (Å²) in [6.45, 7) is 0. The molecule has 70 valence electrons. The molecule has 0 saturated heterocycles. The lowest BCUT2D eigenvalue weighted by Crippen LogP contribution is -2.12. The number of nitrogens with one attached hydrogen (secondary N) is 1. The molecular formula is C11H8ClNO. The first-order chi connectivity index (χ1) is 6.74. The van der Waals surface area contributed by atoms with E-state index in [9.17, 15) is 4.79 Å². The van der Waals surface area contributed by atoms with E-state index in [2.05, 4.69) is 5.32 Å². The summed E-state index contributed by atoms with van der Waals surface area (Å²) in [5.41, 5.74) is 1.81. The van der Waals surface area contributed by atoms with Crippen LogP contribution in [-0.2, 0) is 4.79 Å². The van der Waals surface area contributed by atoms with Crippen molar-refractivity contribution in [2.24, 2.45) is 0 Å². The highest BCUT2D eigenvalue weighted by Crippen LogP contribution is 2.13. The quantitative estimate of drug-likeness (QED) is 0.750. The maximum Gasteiger partial charge on any atom is 0.248 e. The summed E-state index contributed by atoms with van der Waals surface area (Å²) < 4.78 is 0. The molecule has 1 amide bonds. The molecule has 0 aromatic heterocycles. The Kier molecular flexibility index (Phi) is 2.37. The van der Waals surface area contributed by atoms with Gasteiger partial charge < -0.3 is 5.32 Å². The van der Waals surface area contributed by atoms with E-state index in [1.807, 2.05) is 30.3 Å². The van der Waals surface area contributed by atoms with E-state index < -0.39 is 0 Å². The molecule has 0 atom stereocenters. The molecule has 0 saturated carbocycles.